The Morgan fingerprint density at radius 2 is 2.07 bits per heavy atom. The lowest BCUT2D eigenvalue weighted by Crippen LogP contribution is -2.13. The van der Waals surface area contributed by atoms with Crippen LogP contribution in [0.1, 0.15) is 36.1 Å². The van der Waals surface area contributed by atoms with Gasteiger partial charge in [0.05, 0.1) is 0 Å². The van der Waals surface area contributed by atoms with Crippen LogP contribution in [0.3, 0.4) is 0 Å². The Bertz CT molecular complexity index is 347. The second kappa shape index (κ2) is 4.60. The number of hydrogen-bond acceptors (Lipinski definition) is 0. The second-order valence-corrected chi connectivity index (χ2v) is 5.27. The molecular formula is C12H13BrF2. The largest absolute Gasteiger partial charge is 0.207 e. The Morgan fingerprint density at radius 3 is 2.60 bits per heavy atom. The van der Waals surface area contributed by atoms with Gasteiger partial charge in [-0.3, -0.25) is 0 Å². The zero-order valence-electron chi connectivity index (χ0n) is 8.35. The van der Waals surface area contributed by atoms with Crippen LogP contribution in [0.2, 0.25) is 0 Å². The molecule has 0 aliphatic heterocycles. The van der Waals surface area contributed by atoms with E-state index in [9.17, 15) is 8.78 Å². The molecule has 0 nitrogen and oxygen atoms in total. The first-order valence-corrected chi connectivity index (χ1v) is 6.17. The molecule has 1 unspecified atom stereocenters. The summed E-state index contributed by atoms with van der Waals surface area (Å²) in [5.74, 6) is -0.255. The fourth-order valence-corrected chi connectivity index (χ4v) is 2.80. The van der Waals surface area contributed by atoms with Crippen LogP contribution in [0.15, 0.2) is 18.2 Å². The molecule has 2 rings (SSSR count). The highest BCUT2D eigenvalue weighted by atomic mass is 79.9. The molecule has 0 N–H and O–H groups in total. The maximum Gasteiger partial charge on any atom is 0.130 e. The van der Waals surface area contributed by atoms with Gasteiger partial charge in [-0.05, 0) is 18.4 Å². The summed E-state index contributed by atoms with van der Waals surface area (Å²) in [6.45, 7) is 0. The summed E-state index contributed by atoms with van der Waals surface area (Å²) in [4.78, 5) is 0.0170. The Balaban J connectivity index is 2.06. The number of halogens is 3. The summed E-state index contributed by atoms with van der Waals surface area (Å²) in [7, 11) is 0. The van der Waals surface area contributed by atoms with Crippen LogP contribution in [0.5, 0.6) is 0 Å². The van der Waals surface area contributed by atoms with E-state index in [1.807, 2.05) is 0 Å². The van der Waals surface area contributed by atoms with E-state index in [2.05, 4.69) is 15.9 Å². The Kier molecular flexibility index (Phi) is 3.39. The summed E-state index contributed by atoms with van der Waals surface area (Å²) in [6.07, 6.45) is 4.72. The van der Waals surface area contributed by atoms with Crippen molar-refractivity contribution in [2.45, 2.75) is 30.5 Å². The van der Waals surface area contributed by atoms with Crippen LogP contribution in [0.4, 0.5) is 8.78 Å². The molecule has 1 saturated carbocycles. The molecule has 0 amide bonds. The van der Waals surface area contributed by atoms with Gasteiger partial charge in [0.1, 0.15) is 11.6 Å². The normalized spacial score (nSPS) is 18.6. The minimum Gasteiger partial charge on any atom is -0.207 e. The van der Waals surface area contributed by atoms with Crippen LogP contribution in [-0.2, 0) is 0 Å². The van der Waals surface area contributed by atoms with E-state index >= 15 is 0 Å². The van der Waals surface area contributed by atoms with Crippen molar-refractivity contribution in [2.24, 2.45) is 5.92 Å². The summed E-state index contributed by atoms with van der Waals surface area (Å²) in [6, 6.07) is 3.79. The van der Waals surface area contributed by atoms with E-state index in [1.54, 1.807) is 0 Å². The molecular weight excluding hydrogens is 262 g/mol. The van der Waals surface area contributed by atoms with Gasteiger partial charge >= 0.3 is 0 Å². The molecule has 0 heterocycles. The molecule has 1 aliphatic rings. The summed E-state index contributed by atoms with van der Waals surface area (Å²) >= 11 is 3.47. The van der Waals surface area contributed by atoms with Crippen molar-refractivity contribution >= 4 is 15.9 Å². The average molecular weight is 275 g/mol. The zero-order valence-corrected chi connectivity index (χ0v) is 9.94. The Labute approximate surface area is 96.8 Å². The first-order chi connectivity index (χ1) is 7.16. The first kappa shape index (κ1) is 11.1. The molecule has 1 aromatic carbocycles. The molecule has 0 aromatic heterocycles. The lowest BCUT2D eigenvalue weighted by molar-refractivity contribution is 0.294. The van der Waals surface area contributed by atoms with Crippen molar-refractivity contribution in [2.75, 3.05) is 0 Å². The molecule has 15 heavy (non-hydrogen) atoms. The van der Waals surface area contributed by atoms with Crippen molar-refractivity contribution in [1.29, 1.82) is 0 Å². The van der Waals surface area contributed by atoms with Crippen LogP contribution in [-0.4, -0.2) is 0 Å². The van der Waals surface area contributed by atoms with Crippen molar-refractivity contribution in [3.63, 3.8) is 0 Å². The maximum atomic E-state index is 13.4. The van der Waals surface area contributed by atoms with Crippen LogP contribution in [0.25, 0.3) is 0 Å². The molecule has 1 fully saturated rings. The summed E-state index contributed by atoms with van der Waals surface area (Å²) in [5, 5.41) is 0. The minimum atomic E-state index is -0.514. The number of rotatable bonds is 3. The van der Waals surface area contributed by atoms with Gasteiger partial charge in [-0.15, -0.1) is 0 Å². The van der Waals surface area contributed by atoms with Gasteiger partial charge in [-0.25, -0.2) is 8.78 Å². The van der Waals surface area contributed by atoms with Gasteiger partial charge in [-0.2, -0.15) is 0 Å². The molecule has 3 heteroatoms. The molecule has 82 valence electrons. The minimum absolute atomic E-state index is 0.0170. The first-order valence-electron chi connectivity index (χ1n) is 5.26. The van der Waals surface area contributed by atoms with Crippen molar-refractivity contribution in [3.8, 4) is 0 Å². The monoisotopic (exact) mass is 274 g/mol. The van der Waals surface area contributed by atoms with Gasteiger partial charge in [0, 0.05) is 16.5 Å². The third-order valence-electron chi connectivity index (χ3n) is 3.06. The van der Waals surface area contributed by atoms with Crippen LogP contribution < -0.4 is 0 Å². The SMILES string of the molecule is Fc1ccc(C(Br)CC2CCC2)c(F)c1. The molecule has 1 aliphatic carbocycles. The highest BCUT2D eigenvalue weighted by Gasteiger charge is 2.23. The van der Waals surface area contributed by atoms with E-state index in [0.717, 1.165) is 12.5 Å². The standard InChI is InChI=1S/C12H13BrF2/c13-11(6-8-2-1-3-8)10-5-4-9(14)7-12(10)15/h4-5,7-8,11H,1-3,6H2. The predicted octanol–water partition coefficient (Wildman–Crippen LogP) is 4.59. The number of alkyl halides is 1. The van der Waals surface area contributed by atoms with Crippen LogP contribution in [0, 0.1) is 17.6 Å². The van der Waals surface area contributed by atoms with E-state index < -0.39 is 11.6 Å². The van der Waals surface area contributed by atoms with Crippen LogP contribution >= 0.6 is 15.9 Å². The molecule has 0 radical (unpaired) electrons. The third kappa shape index (κ3) is 2.57. The Morgan fingerprint density at radius 1 is 1.33 bits per heavy atom. The molecule has 0 spiro atoms. The predicted molar refractivity (Wildman–Crippen MR) is 60.0 cm³/mol. The van der Waals surface area contributed by atoms with Crippen molar-refractivity contribution in [1.82, 2.24) is 0 Å². The van der Waals surface area contributed by atoms with Gasteiger partial charge in [0.25, 0.3) is 0 Å². The maximum absolute atomic E-state index is 13.4. The average Bonchev–Trinajstić information content (AvgIpc) is 2.11. The number of hydrogen-bond donors (Lipinski definition) is 0. The van der Waals surface area contributed by atoms with Gasteiger partial charge in [0.2, 0.25) is 0 Å². The Hall–Kier alpha value is -0.440. The fraction of sp³-hybridized carbons (Fsp3) is 0.500. The topological polar surface area (TPSA) is 0 Å². The van der Waals surface area contributed by atoms with E-state index in [0.29, 0.717) is 11.5 Å². The zero-order chi connectivity index (χ0) is 10.8. The third-order valence-corrected chi connectivity index (χ3v) is 3.93. The van der Waals surface area contributed by atoms with Gasteiger partial charge in [-0.1, -0.05) is 41.3 Å². The second-order valence-electron chi connectivity index (χ2n) is 4.17. The fourth-order valence-electron chi connectivity index (χ4n) is 1.90. The lowest BCUT2D eigenvalue weighted by Gasteiger charge is -2.27. The van der Waals surface area contributed by atoms with E-state index in [1.165, 1.54) is 31.4 Å². The molecule has 1 atom stereocenters. The van der Waals surface area contributed by atoms with E-state index in [-0.39, 0.29) is 4.83 Å². The van der Waals surface area contributed by atoms with Crippen molar-refractivity contribution in [3.05, 3.63) is 35.4 Å². The number of benzene rings is 1. The molecule has 1 aromatic rings. The van der Waals surface area contributed by atoms with Gasteiger partial charge < -0.3 is 0 Å². The quantitative estimate of drug-likeness (QED) is 0.708. The van der Waals surface area contributed by atoms with E-state index in [4.69, 9.17) is 0 Å². The molecule has 0 bridgehead atoms. The van der Waals surface area contributed by atoms with Crippen molar-refractivity contribution < 1.29 is 8.78 Å². The summed E-state index contributed by atoms with van der Waals surface area (Å²) < 4.78 is 26.1. The molecule has 0 saturated heterocycles. The smallest absolute Gasteiger partial charge is 0.130 e. The lowest BCUT2D eigenvalue weighted by atomic mass is 9.81. The summed E-state index contributed by atoms with van der Waals surface area (Å²) in [5.41, 5.74) is 0.573. The highest BCUT2D eigenvalue weighted by Crippen LogP contribution is 2.39. The highest BCUT2D eigenvalue weighted by molar-refractivity contribution is 9.09. The van der Waals surface area contributed by atoms with Gasteiger partial charge in [0.15, 0.2) is 0 Å².